The van der Waals surface area contributed by atoms with E-state index >= 15 is 0 Å². The molecule has 0 atom stereocenters. The predicted octanol–water partition coefficient (Wildman–Crippen LogP) is 1.91. The van der Waals surface area contributed by atoms with Crippen LogP contribution >= 0.6 is 23.2 Å². The Labute approximate surface area is 129 Å². The standard InChI is InChI=1S/C14H26Cl2N.ClH/c1-3-5-11-17(12-6-4-2,13-7-9-15)14-8-10-16;/h7-10H,3-6,11-14H2,1-2H3;1H/q+1;/p-1/b9-7+,10-8+;. The Hall–Kier alpha value is 0.310. The van der Waals surface area contributed by atoms with Crippen molar-refractivity contribution in [2.24, 2.45) is 0 Å². The van der Waals surface area contributed by atoms with Gasteiger partial charge < -0.3 is 16.9 Å². The van der Waals surface area contributed by atoms with Crippen LogP contribution in [0, 0.1) is 0 Å². The van der Waals surface area contributed by atoms with Gasteiger partial charge in [0.05, 0.1) is 26.2 Å². The summed E-state index contributed by atoms with van der Waals surface area (Å²) in [4.78, 5) is 0. The minimum absolute atomic E-state index is 0. The van der Waals surface area contributed by atoms with Crippen LogP contribution in [0.25, 0.3) is 0 Å². The lowest BCUT2D eigenvalue weighted by Gasteiger charge is -2.37. The van der Waals surface area contributed by atoms with E-state index < -0.39 is 0 Å². The lowest BCUT2D eigenvalue weighted by Crippen LogP contribution is -3.00. The molecule has 0 spiro atoms. The molecule has 4 heteroatoms. The van der Waals surface area contributed by atoms with Gasteiger partial charge >= 0.3 is 0 Å². The SMILES string of the molecule is CCCC[N+](C/C=C/Cl)(C/C=C/Cl)CCCC.[Cl-]. The number of rotatable bonds is 10. The van der Waals surface area contributed by atoms with E-state index in [0.29, 0.717) is 0 Å². The largest absolute Gasteiger partial charge is 1.00 e. The summed E-state index contributed by atoms with van der Waals surface area (Å²) in [6.07, 6.45) is 9.12. The normalized spacial score (nSPS) is 12.2. The van der Waals surface area contributed by atoms with Gasteiger partial charge in [0.25, 0.3) is 0 Å². The molecule has 0 radical (unpaired) electrons. The number of hydrogen-bond acceptors (Lipinski definition) is 0. The average Bonchev–Trinajstić information content (AvgIpc) is 2.37. The molecule has 0 bridgehead atoms. The summed E-state index contributed by atoms with van der Waals surface area (Å²) >= 11 is 11.4. The molecule has 0 rings (SSSR count). The van der Waals surface area contributed by atoms with E-state index in [1.807, 2.05) is 0 Å². The molecule has 0 saturated heterocycles. The predicted molar refractivity (Wildman–Crippen MR) is 79.5 cm³/mol. The van der Waals surface area contributed by atoms with Gasteiger partial charge in [0.15, 0.2) is 0 Å². The van der Waals surface area contributed by atoms with Crippen LogP contribution in [0.15, 0.2) is 23.2 Å². The van der Waals surface area contributed by atoms with Crippen molar-refractivity contribution < 1.29 is 16.9 Å². The van der Waals surface area contributed by atoms with Gasteiger partial charge in [0, 0.05) is 11.1 Å². The Morgan fingerprint density at radius 3 is 1.50 bits per heavy atom. The van der Waals surface area contributed by atoms with Crippen molar-refractivity contribution in [1.82, 2.24) is 0 Å². The molecule has 0 amide bonds. The molecule has 0 saturated carbocycles. The van der Waals surface area contributed by atoms with Gasteiger partial charge in [-0.25, -0.2) is 0 Å². The van der Waals surface area contributed by atoms with Crippen molar-refractivity contribution in [2.45, 2.75) is 39.5 Å². The maximum absolute atomic E-state index is 5.68. The van der Waals surface area contributed by atoms with Crippen molar-refractivity contribution >= 4 is 23.2 Å². The van der Waals surface area contributed by atoms with Gasteiger partial charge in [-0.05, 0) is 25.0 Å². The second-order valence-corrected chi connectivity index (χ2v) is 5.09. The van der Waals surface area contributed by atoms with E-state index in [1.165, 1.54) is 38.8 Å². The van der Waals surface area contributed by atoms with Crippen molar-refractivity contribution in [3.05, 3.63) is 23.2 Å². The molecule has 0 aliphatic rings. The number of unbranched alkanes of at least 4 members (excludes halogenated alkanes) is 2. The van der Waals surface area contributed by atoms with Crippen LogP contribution in [0.2, 0.25) is 0 Å². The lowest BCUT2D eigenvalue weighted by atomic mass is 10.2. The van der Waals surface area contributed by atoms with E-state index in [2.05, 4.69) is 26.0 Å². The highest BCUT2D eigenvalue weighted by molar-refractivity contribution is 6.25. The molecule has 108 valence electrons. The van der Waals surface area contributed by atoms with Crippen LogP contribution in [-0.2, 0) is 0 Å². The molecule has 1 nitrogen and oxygen atoms in total. The van der Waals surface area contributed by atoms with E-state index in [0.717, 1.165) is 17.6 Å². The Bertz CT molecular complexity index is 203. The van der Waals surface area contributed by atoms with Crippen LogP contribution in [0.5, 0.6) is 0 Å². The van der Waals surface area contributed by atoms with Gasteiger partial charge in [-0.2, -0.15) is 0 Å². The van der Waals surface area contributed by atoms with Gasteiger partial charge in [-0.1, -0.05) is 49.9 Å². The summed E-state index contributed by atoms with van der Waals surface area (Å²) in [5.74, 6) is 0. The first-order valence-electron chi connectivity index (χ1n) is 6.60. The zero-order valence-corrected chi connectivity index (χ0v) is 13.8. The minimum Gasteiger partial charge on any atom is -1.00 e. The molecule has 0 aliphatic heterocycles. The van der Waals surface area contributed by atoms with Gasteiger partial charge in [-0.15, -0.1) is 0 Å². The molecular formula is C14H26Cl3N. The third-order valence-corrected chi connectivity index (χ3v) is 3.49. The topological polar surface area (TPSA) is 0 Å². The summed E-state index contributed by atoms with van der Waals surface area (Å²) in [7, 11) is 0. The maximum atomic E-state index is 5.68. The number of nitrogens with zero attached hydrogens (tertiary/aromatic N) is 1. The van der Waals surface area contributed by atoms with Gasteiger partial charge in [0.2, 0.25) is 0 Å². The molecule has 18 heavy (non-hydrogen) atoms. The lowest BCUT2D eigenvalue weighted by molar-refractivity contribution is -0.917. The first kappa shape index (κ1) is 20.6. The number of halogens is 3. The fourth-order valence-electron chi connectivity index (χ4n) is 2.07. The third kappa shape index (κ3) is 9.27. The second kappa shape index (κ2) is 13.7. The summed E-state index contributed by atoms with van der Waals surface area (Å²) < 4.78 is 1.08. The summed E-state index contributed by atoms with van der Waals surface area (Å²) in [5, 5.41) is 0. The Morgan fingerprint density at radius 2 is 1.22 bits per heavy atom. The highest BCUT2D eigenvalue weighted by Gasteiger charge is 2.23. The molecule has 0 aromatic carbocycles. The molecule has 0 aliphatic carbocycles. The molecule has 0 aromatic rings. The van der Waals surface area contributed by atoms with Crippen LogP contribution in [0.1, 0.15) is 39.5 Å². The van der Waals surface area contributed by atoms with E-state index in [1.54, 1.807) is 11.1 Å². The smallest absolute Gasteiger partial charge is 0.0987 e. The molecule has 0 heterocycles. The van der Waals surface area contributed by atoms with Crippen molar-refractivity contribution in [3.8, 4) is 0 Å². The molecular weight excluding hydrogens is 289 g/mol. The maximum Gasteiger partial charge on any atom is 0.0987 e. The van der Waals surface area contributed by atoms with E-state index in [9.17, 15) is 0 Å². The first-order valence-corrected chi connectivity index (χ1v) is 7.47. The van der Waals surface area contributed by atoms with Crippen molar-refractivity contribution in [3.63, 3.8) is 0 Å². The Kier molecular flexibility index (Phi) is 15.7. The summed E-state index contributed by atoms with van der Waals surface area (Å²) in [6, 6.07) is 0. The Morgan fingerprint density at radius 1 is 0.833 bits per heavy atom. The molecule has 0 N–H and O–H groups in total. The fourth-order valence-corrected chi connectivity index (χ4v) is 2.22. The zero-order chi connectivity index (χ0) is 13.0. The summed E-state index contributed by atoms with van der Waals surface area (Å²) in [6.45, 7) is 8.90. The Balaban J connectivity index is 0. The number of hydrogen-bond donors (Lipinski definition) is 0. The van der Waals surface area contributed by atoms with E-state index in [4.69, 9.17) is 23.2 Å². The van der Waals surface area contributed by atoms with Crippen LogP contribution in [-0.4, -0.2) is 30.7 Å². The highest BCUT2D eigenvalue weighted by Crippen LogP contribution is 2.13. The number of quaternary nitrogens is 1. The molecule has 0 aromatic heterocycles. The zero-order valence-electron chi connectivity index (χ0n) is 11.5. The fraction of sp³-hybridized carbons (Fsp3) is 0.714. The first-order chi connectivity index (χ1) is 8.24. The molecule has 0 unspecified atom stereocenters. The summed E-state index contributed by atoms with van der Waals surface area (Å²) in [5.41, 5.74) is 3.27. The monoisotopic (exact) mass is 313 g/mol. The van der Waals surface area contributed by atoms with Crippen LogP contribution in [0.3, 0.4) is 0 Å². The van der Waals surface area contributed by atoms with Gasteiger partial charge in [0.1, 0.15) is 0 Å². The molecule has 0 fully saturated rings. The van der Waals surface area contributed by atoms with Crippen LogP contribution in [0.4, 0.5) is 0 Å². The van der Waals surface area contributed by atoms with Crippen molar-refractivity contribution in [1.29, 1.82) is 0 Å². The van der Waals surface area contributed by atoms with Gasteiger partial charge in [-0.3, -0.25) is 0 Å². The highest BCUT2D eigenvalue weighted by atomic mass is 35.5. The second-order valence-electron chi connectivity index (χ2n) is 4.58. The van der Waals surface area contributed by atoms with E-state index in [-0.39, 0.29) is 12.4 Å². The van der Waals surface area contributed by atoms with Crippen LogP contribution < -0.4 is 12.4 Å². The average molecular weight is 315 g/mol. The minimum atomic E-state index is 0. The van der Waals surface area contributed by atoms with Crippen molar-refractivity contribution in [2.75, 3.05) is 26.2 Å². The quantitative estimate of drug-likeness (QED) is 0.540. The third-order valence-electron chi connectivity index (χ3n) is 3.14.